The van der Waals surface area contributed by atoms with Crippen LogP contribution in [0.1, 0.15) is 16.7 Å². The number of ether oxygens (including phenoxy) is 1. The van der Waals surface area contributed by atoms with Crippen LogP contribution in [0.25, 0.3) is 0 Å². The molecular formula is C14H14FNO2. The van der Waals surface area contributed by atoms with Gasteiger partial charge >= 0.3 is 0 Å². The van der Waals surface area contributed by atoms with Gasteiger partial charge in [0.2, 0.25) is 5.88 Å². The minimum atomic E-state index is -0.494. The molecule has 1 aromatic heterocycles. The van der Waals surface area contributed by atoms with Crippen molar-refractivity contribution in [3.63, 3.8) is 0 Å². The number of rotatable bonds is 3. The van der Waals surface area contributed by atoms with E-state index < -0.39 is 5.82 Å². The number of benzene rings is 1. The highest BCUT2D eigenvalue weighted by Gasteiger charge is 2.08. The Morgan fingerprint density at radius 2 is 1.83 bits per heavy atom. The average molecular weight is 247 g/mol. The van der Waals surface area contributed by atoms with Crippen molar-refractivity contribution in [1.29, 1.82) is 0 Å². The Hall–Kier alpha value is -1.94. The third-order valence-electron chi connectivity index (χ3n) is 2.47. The molecule has 18 heavy (non-hydrogen) atoms. The van der Waals surface area contributed by atoms with Crippen LogP contribution in [0.4, 0.5) is 4.39 Å². The van der Waals surface area contributed by atoms with Crippen molar-refractivity contribution >= 4 is 0 Å². The molecule has 0 aliphatic heterocycles. The first kappa shape index (κ1) is 12.5. The number of aryl methyl sites for hydroxylation is 2. The van der Waals surface area contributed by atoms with Crippen LogP contribution >= 0.6 is 0 Å². The lowest BCUT2D eigenvalue weighted by Crippen LogP contribution is -1.96. The Kier molecular flexibility index (Phi) is 3.58. The molecular weight excluding hydrogens is 233 g/mol. The summed E-state index contributed by atoms with van der Waals surface area (Å²) in [6, 6.07) is 6.96. The van der Waals surface area contributed by atoms with E-state index in [1.54, 1.807) is 0 Å². The second kappa shape index (κ2) is 5.14. The van der Waals surface area contributed by atoms with Crippen molar-refractivity contribution in [3.8, 4) is 11.6 Å². The molecule has 0 spiro atoms. The third-order valence-corrected chi connectivity index (χ3v) is 2.47. The van der Waals surface area contributed by atoms with E-state index in [1.165, 1.54) is 6.07 Å². The third kappa shape index (κ3) is 2.84. The average Bonchev–Trinajstić information content (AvgIpc) is 2.30. The van der Waals surface area contributed by atoms with Gasteiger partial charge < -0.3 is 9.84 Å². The maximum absolute atomic E-state index is 13.0. The second-order valence-electron chi connectivity index (χ2n) is 4.20. The van der Waals surface area contributed by atoms with Gasteiger partial charge in [0.1, 0.15) is 11.6 Å². The molecule has 2 aromatic rings. The molecule has 0 atom stereocenters. The zero-order valence-corrected chi connectivity index (χ0v) is 10.3. The van der Waals surface area contributed by atoms with Crippen LogP contribution in [0.15, 0.2) is 30.5 Å². The van der Waals surface area contributed by atoms with Crippen LogP contribution in [0.5, 0.6) is 11.6 Å². The molecule has 0 saturated heterocycles. The molecule has 0 unspecified atom stereocenters. The van der Waals surface area contributed by atoms with E-state index in [0.29, 0.717) is 11.3 Å². The molecule has 1 N–H and O–H groups in total. The lowest BCUT2D eigenvalue weighted by atomic mass is 10.1. The summed E-state index contributed by atoms with van der Waals surface area (Å²) in [6.45, 7) is 3.61. The SMILES string of the molecule is Cc1cc(C)cc(Oc2ncc(F)cc2CO)c1. The predicted molar refractivity (Wildman–Crippen MR) is 66.1 cm³/mol. The zero-order chi connectivity index (χ0) is 13.1. The summed E-state index contributed by atoms with van der Waals surface area (Å²) in [7, 11) is 0. The highest BCUT2D eigenvalue weighted by Crippen LogP contribution is 2.25. The minimum absolute atomic E-state index is 0.226. The maximum Gasteiger partial charge on any atom is 0.224 e. The number of halogens is 1. The molecule has 0 bridgehead atoms. The number of nitrogens with zero attached hydrogens (tertiary/aromatic N) is 1. The van der Waals surface area contributed by atoms with Crippen LogP contribution < -0.4 is 4.74 Å². The van der Waals surface area contributed by atoms with Gasteiger partial charge in [-0.3, -0.25) is 0 Å². The van der Waals surface area contributed by atoms with Crippen LogP contribution in [-0.2, 0) is 6.61 Å². The van der Waals surface area contributed by atoms with Gasteiger partial charge in [0.25, 0.3) is 0 Å². The number of hydrogen-bond donors (Lipinski definition) is 1. The molecule has 4 heteroatoms. The van der Waals surface area contributed by atoms with Gasteiger partial charge in [0.15, 0.2) is 0 Å². The Bertz CT molecular complexity index is 549. The molecule has 2 rings (SSSR count). The summed E-state index contributed by atoms with van der Waals surface area (Å²) in [5.41, 5.74) is 2.46. The number of aliphatic hydroxyl groups is 1. The van der Waals surface area contributed by atoms with Crippen molar-refractivity contribution in [1.82, 2.24) is 4.98 Å². The lowest BCUT2D eigenvalue weighted by molar-refractivity contribution is 0.274. The molecule has 0 fully saturated rings. The fourth-order valence-electron chi connectivity index (χ4n) is 1.78. The smallest absolute Gasteiger partial charge is 0.224 e. The van der Waals surface area contributed by atoms with Gasteiger partial charge in [-0.15, -0.1) is 0 Å². The van der Waals surface area contributed by atoms with E-state index in [9.17, 15) is 4.39 Å². The van der Waals surface area contributed by atoms with Crippen molar-refractivity contribution in [2.24, 2.45) is 0 Å². The number of pyridine rings is 1. The molecule has 1 aromatic carbocycles. The van der Waals surface area contributed by atoms with Crippen LogP contribution in [0, 0.1) is 19.7 Å². The fraction of sp³-hybridized carbons (Fsp3) is 0.214. The first-order chi connectivity index (χ1) is 8.58. The summed E-state index contributed by atoms with van der Waals surface area (Å²) in [5.74, 6) is 0.358. The number of aromatic nitrogens is 1. The molecule has 94 valence electrons. The summed E-state index contributed by atoms with van der Waals surface area (Å²) < 4.78 is 18.6. The minimum Gasteiger partial charge on any atom is -0.439 e. The van der Waals surface area contributed by atoms with Crippen molar-refractivity contribution in [3.05, 3.63) is 53.0 Å². The van der Waals surface area contributed by atoms with Crippen molar-refractivity contribution in [2.75, 3.05) is 0 Å². The highest BCUT2D eigenvalue weighted by molar-refractivity contribution is 5.37. The Balaban J connectivity index is 2.33. The Morgan fingerprint density at radius 1 is 1.17 bits per heavy atom. The van der Waals surface area contributed by atoms with Gasteiger partial charge in [0, 0.05) is 5.56 Å². The summed E-state index contributed by atoms with van der Waals surface area (Å²) in [4.78, 5) is 3.85. The Labute approximate surface area is 105 Å². The van der Waals surface area contributed by atoms with E-state index in [1.807, 2.05) is 32.0 Å². The Morgan fingerprint density at radius 3 is 2.44 bits per heavy atom. The zero-order valence-electron chi connectivity index (χ0n) is 10.3. The monoisotopic (exact) mass is 247 g/mol. The standard InChI is InChI=1S/C14H14FNO2/c1-9-3-10(2)5-13(4-9)18-14-11(8-17)6-12(15)7-16-14/h3-7,17H,8H2,1-2H3. The van der Waals surface area contributed by atoms with Gasteiger partial charge in [-0.25, -0.2) is 9.37 Å². The van der Waals surface area contributed by atoms with Crippen LogP contribution in [0.2, 0.25) is 0 Å². The summed E-state index contributed by atoms with van der Waals surface area (Å²) in [5, 5.41) is 9.14. The van der Waals surface area contributed by atoms with E-state index >= 15 is 0 Å². The van der Waals surface area contributed by atoms with Crippen LogP contribution in [0.3, 0.4) is 0 Å². The normalized spacial score (nSPS) is 10.4. The molecule has 0 aliphatic rings. The van der Waals surface area contributed by atoms with Crippen molar-refractivity contribution in [2.45, 2.75) is 20.5 Å². The first-order valence-corrected chi connectivity index (χ1v) is 5.60. The van der Waals surface area contributed by atoms with E-state index in [4.69, 9.17) is 9.84 Å². The van der Waals surface area contributed by atoms with Gasteiger partial charge in [-0.05, 0) is 43.2 Å². The summed E-state index contributed by atoms with van der Waals surface area (Å²) in [6.07, 6.45) is 1.07. The molecule has 0 radical (unpaired) electrons. The number of aliphatic hydroxyl groups excluding tert-OH is 1. The van der Waals surface area contributed by atoms with Gasteiger partial charge in [-0.1, -0.05) is 6.07 Å². The molecule has 3 nitrogen and oxygen atoms in total. The van der Waals surface area contributed by atoms with Crippen molar-refractivity contribution < 1.29 is 14.2 Å². The second-order valence-corrected chi connectivity index (χ2v) is 4.20. The van der Waals surface area contributed by atoms with Gasteiger partial charge in [-0.2, -0.15) is 0 Å². The van der Waals surface area contributed by atoms with E-state index in [-0.39, 0.29) is 12.5 Å². The first-order valence-electron chi connectivity index (χ1n) is 5.60. The topological polar surface area (TPSA) is 42.4 Å². The fourth-order valence-corrected chi connectivity index (χ4v) is 1.78. The summed E-state index contributed by atoms with van der Waals surface area (Å²) >= 11 is 0. The predicted octanol–water partition coefficient (Wildman–Crippen LogP) is 3.12. The largest absolute Gasteiger partial charge is 0.439 e. The molecule has 0 aliphatic carbocycles. The van der Waals surface area contributed by atoms with E-state index in [2.05, 4.69) is 4.98 Å². The van der Waals surface area contributed by atoms with Crippen LogP contribution in [-0.4, -0.2) is 10.1 Å². The quantitative estimate of drug-likeness (QED) is 0.906. The number of hydrogen-bond acceptors (Lipinski definition) is 3. The maximum atomic E-state index is 13.0. The van der Waals surface area contributed by atoms with E-state index in [0.717, 1.165) is 17.3 Å². The molecule has 0 amide bonds. The highest BCUT2D eigenvalue weighted by atomic mass is 19.1. The molecule has 0 saturated carbocycles. The van der Waals surface area contributed by atoms with Gasteiger partial charge in [0.05, 0.1) is 12.8 Å². The molecule has 1 heterocycles. The lowest BCUT2D eigenvalue weighted by Gasteiger charge is -2.09.